The predicted octanol–water partition coefficient (Wildman–Crippen LogP) is 1.82. The number of ether oxygens (including phenoxy) is 1. The van der Waals surface area contributed by atoms with Crippen LogP contribution in [0.5, 0.6) is 0 Å². The Morgan fingerprint density at radius 1 is 1.50 bits per heavy atom. The van der Waals surface area contributed by atoms with E-state index in [1.807, 2.05) is 0 Å². The molecule has 1 aliphatic rings. The number of hydrogen-bond donors (Lipinski definition) is 1. The maximum Gasteiger partial charge on any atom is 0.129 e. The maximum atomic E-state index is 13.4. The van der Waals surface area contributed by atoms with Crippen molar-refractivity contribution < 1.29 is 14.2 Å². The van der Waals surface area contributed by atoms with E-state index in [4.69, 9.17) is 4.74 Å². The Balaban J connectivity index is 2.43. The average Bonchev–Trinajstić information content (AvgIpc) is 2.49. The zero-order valence-corrected chi connectivity index (χ0v) is 8.03. The summed E-state index contributed by atoms with van der Waals surface area (Å²) in [5, 5.41) is 10.2. The van der Waals surface area contributed by atoms with Gasteiger partial charge in [0.15, 0.2) is 0 Å². The van der Waals surface area contributed by atoms with Crippen LogP contribution < -0.4 is 0 Å². The molecule has 2 nitrogen and oxygen atoms in total. The van der Waals surface area contributed by atoms with E-state index in [9.17, 15) is 9.50 Å². The van der Waals surface area contributed by atoms with Gasteiger partial charge in [-0.3, -0.25) is 0 Å². The molecule has 2 atom stereocenters. The normalized spacial score (nSPS) is 32.1. The third-order valence-electron chi connectivity index (χ3n) is 2.86. The molecule has 1 heterocycles. The molecule has 0 saturated carbocycles. The van der Waals surface area contributed by atoms with Gasteiger partial charge in [-0.25, -0.2) is 4.39 Å². The lowest BCUT2D eigenvalue weighted by atomic mass is 9.88. The van der Waals surface area contributed by atoms with Gasteiger partial charge in [0.2, 0.25) is 0 Å². The Hall–Kier alpha value is -0.930. The zero-order chi connectivity index (χ0) is 10.2. The second-order valence-corrected chi connectivity index (χ2v) is 3.67. The summed E-state index contributed by atoms with van der Waals surface area (Å²) in [5.41, 5.74) is -0.823. The lowest BCUT2D eigenvalue weighted by molar-refractivity contribution is -0.0339. The first-order chi connectivity index (χ1) is 6.64. The van der Waals surface area contributed by atoms with Crippen molar-refractivity contribution in [1.29, 1.82) is 0 Å². The number of rotatable bonds is 1. The Morgan fingerprint density at radius 2 is 2.21 bits per heavy atom. The molecule has 0 bridgehead atoms. The summed E-state index contributed by atoms with van der Waals surface area (Å²) in [7, 11) is 0. The van der Waals surface area contributed by atoms with E-state index in [1.165, 1.54) is 6.07 Å². The standard InChI is InChI=1S/C11H13FO2/c1-8-11(13,6-7-14-8)9-4-2-3-5-10(9)12/h2-5,8,13H,6-7H2,1H3. The molecule has 76 valence electrons. The largest absolute Gasteiger partial charge is 0.382 e. The van der Waals surface area contributed by atoms with Gasteiger partial charge in [-0.05, 0) is 13.0 Å². The number of benzene rings is 1. The van der Waals surface area contributed by atoms with Crippen LogP contribution in [0.3, 0.4) is 0 Å². The van der Waals surface area contributed by atoms with Crippen LogP contribution >= 0.6 is 0 Å². The third-order valence-corrected chi connectivity index (χ3v) is 2.86. The van der Waals surface area contributed by atoms with E-state index in [-0.39, 0.29) is 11.9 Å². The highest BCUT2D eigenvalue weighted by atomic mass is 19.1. The highest BCUT2D eigenvalue weighted by molar-refractivity contribution is 5.26. The molecule has 0 spiro atoms. The topological polar surface area (TPSA) is 29.5 Å². The summed E-state index contributed by atoms with van der Waals surface area (Å²) in [5.74, 6) is -0.368. The van der Waals surface area contributed by atoms with Gasteiger partial charge in [-0.2, -0.15) is 0 Å². The van der Waals surface area contributed by atoms with Gasteiger partial charge in [0.05, 0.1) is 12.7 Å². The molecule has 0 radical (unpaired) electrons. The first-order valence-electron chi connectivity index (χ1n) is 4.73. The Bertz CT molecular complexity index is 340. The average molecular weight is 196 g/mol. The van der Waals surface area contributed by atoms with Gasteiger partial charge < -0.3 is 9.84 Å². The highest BCUT2D eigenvalue weighted by Crippen LogP contribution is 2.36. The molecule has 1 aromatic rings. The molecule has 2 unspecified atom stereocenters. The van der Waals surface area contributed by atoms with Crippen LogP contribution in [0, 0.1) is 5.82 Å². The van der Waals surface area contributed by atoms with Crippen molar-refractivity contribution in [2.75, 3.05) is 6.61 Å². The molecule has 1 aliphatic heterocycles. The van der Waals surface area contributed by atoms with Crippen molar-refractivity contribution in [3.8, 4) is 0 Å². The van der Waals surface area contributed by atoms with Crippen LogP contribution in [-0.2, 0) is 10.3 Å². The van der Waals surface area contributed by atoms with Gasteiger partial charge in [0, 0.05) is 12.0 Å². The first kappa shape index (κ1) is 9.62. The fraction of sp³-hybridized carbons (Fsp3) is 0.455. The lowest BCUT2D eigenvalue weighted by Gasteiger charge is -2.26. The summed E-state index contributed by atoms with van der Waals surface area (Å²) >= 11 is 0. The van der Waals surface area contributed by atoms with Gasteiger partial charge >= 0.3 is 0 Å². The second kappa shape index (κ2) is 3.33. The van der Waals surface area contributed by atoms with Crippen LogP contribution in [0.1, 0.15) is 18.9 Å². The first-order valence-corrected chi connectivity index (χ1v) is 4.73. The molecule has 1 fully saturated rings. The number of hydrogen-bond acceptors (Lipinski definition) is 2. The summed E-state index contributed by atoms with van der Waals surface area (Å²) in [6, 6.07) is 6.31. The minimum Gasteiger partial charge on any atom is -0.382 e. The van der Waals surface area contributed by atoms with Crippen molar-refractivity contribution in [1.82, 2.24) is 0 Å². The van der Waals surface area contributed by atoms with E-state index in [0.717, 1.165) is 0 Å². The fourth-order valence-corrected chi connectivity index (χ4v) is 1.90. The van der Waals surface area contributed by atoms with Crippen molar-refractivity contribution in [3.63, 3.8) is 0 Å². The molecule has 0 aliphatic carbocycles. The monoisotopic (exact) mass is 196 g/mol. The third kappa shape index (κ3) is 1.33. The lowest BCUT2D eigenvalue weighted by Crippen LogP contribution is -2.34. The summed E-state index contributed by atoms with van der Waals surface area (Å²) < 4.78 is 18.7. The summed E-state index contributed by atoms with van der Waals surface area (Å²) in [6.07, 6.45) is 0.106. The van der Waals surface area contributed by atoms with Crippen molar-refractivity contribution in [3.05, 3.63) is 35.6 Å². The highest BCUT2D eigenvalue weighted by Gasteiger charge is 2.42. The Labute approximate surface area is 82.3 Å². The molecule has 1 N–H and O–H groups in total. The minimum absolute atomic E-state index is 0.338. The van der Waals surface area contributed by atoms with E-state index in [1.54, 1.807) is 25.1 Å². The molecule has 0 aromatic heterocycles. The van der Waals surface area contributed by atoms with Crippen LogP contribution in [0.4, 0.5) is 4.39 Å². The molecule has 14 heavy (non-hydrogen) atoms. The predicted molar refractivity (Wildman–Crippen MR) is 50.3 cm³/mol. The fourth-order valence-electron chi connectivity index (χ4n) is 1.90. The second-order valence-electron chi connectivity index (χ2n) is 3.67. The minimum atomic E-state index is -1.16. The van der Waals surface area contributed by atoms with Crippen LogP contribution in [0.15, 0.2) is 24.3 Å². The van der Waals surface area contributed by atoms with E-state index in [0.29, 0.717) is 18.6 Å². The van der Waals surface area contributed by atoms with Crippen molar-refractivity contribution in [2.45, 2.75) is 25.0 Å². The van der Waals surface area contributed by atoms with E-state index >= 15 is 0 Å². The molecule has 1 aromatic carbocycles. The number of halogens is 1. The van der Waals surface area contributed by atoms with Crippen LogP contribution in [-0.4, -0.2) is 17.8 Å². The van der Waals surface area contributed by atoms with Gasteiger partial charge in [0.1, 0.15) is 11.4 Å². The number of aliphatic hydroxyl groups is 1. The maximum absolute atomic E-state index is 13.4. The SMILES string of the molecule is CC1OCCC1(O)c1ccccc1F. The van der Waals surface area contributed by atoms with Crippen LogP contribution in [0.2, 0.25) is 0 Å². The molecule has 2 rings (SSSR count). The molecular formula is C11H13FO2. The zero-order valence-electron chi connectivity index (χ0n) is 8.03. The molecule has 0 amide bonds. The Morgan fingerprint density at radius 3 is 2.79 bits per heavy atom. The van der Waals surface area contributed by atoms with E-state index in [2.05, 4.69) is 0 Å². The summed E-state index contributed by atoms with van der Waals surface area (Å²) in [6.45, 7) is 2.24. The van der Waals surface area contributed by atoms with Crippen molar-refractivity contribution in [2.24, 2.45) is 0 Å². The Kier molecular flexibility index (Phi) is 2.29. The quantitative estimate of drug-likeness (QED) is 0.742. The van der Waals surface area contributed by atoms with Crippen LogP contribution in [0.25, 0.3) is 0 Å². The van der Waals surface area contributed by atoms with Gasteiger partial charge in [0.25, 0.3) is 0 Å². The van der Waals surface area contributed by atoms with Gasteiger partial charge in [-0.1, -0.05) is 18.2 Å². The molecule has 3 heteroatoms. The van der Waals surface area contributed by atoms with E-state index < -0.39 is 5.60 Å². The molecular weight excluding hydrogens is 183 g/mol. The smallest absolute Gasteiger partial charge is 0.129 e. The van der Waals surface area contributed by atoms with Crippen molar-refractivity contribution >= 4 is 0 Å². The molecule has 1 saturated heterocycles. The van der Waals surface area contributed by atoms with Gasteiger partial charge in [-0.15, -0.1) is 0 Å². The summed E-state index contributed by atoms with van der Waals surface area (Å²) in [4.78, 5) is 0.